The molecule has 2 aromatic rings. The molecule has 23 heavy (non-hydrogen) atoms. The minimum absolute atomic E-state index is 0.0230. The van der Waals surface area contributed by atoms with E-state index in [1.54, 1.807) is 36.9 Å². The van der Waals surface area contributed by atoms with Gasteiger partial charge in [0.05, 0.1) is 25.7 Å². The Morgan fingerprint density at radius 2 is 1.96 bits per heavy atom. The molecule has 1 aliphatic heterocycles. The minimum atomic E-state index is -0.176. The average molecular weight is 330 g/mol. The van der Waals surface area contributed by atoms with E-state index in [9.17, 15) is 4.79 Å². The normalized spacial score (nSPS) is 17.4. The second kappa shape index (κ2) is 6.42. The lowest BCUT2D eigenvalue weighted by Crippen LogP contribution is -2.28. The van der Waals surface area contributed by atoms with Crippen LogP contribution in [0, 0.1) is 0 Å². The van der Waals surface area contributed by atoms with Gasteiger partial charge in [-0.15, -0.1) is 11.8 Å². The van der Waals surface area contributed by atoms with E-state index in [1.165, 1.54) is 0 Å². The van der Waals surface area contributed by atoms with Crippen LogP contribution in [-0.4, -0.2) is 25.9 Å². The molecule has 2 N–H and O–H groups in total. The molecular weight excluding hydrogens is 312 g/mol. The number of nitrogens with zero attached hydrogens (tertiary/aromatic N) is 1. The van der Waals surface area contributed by atoms with Crippen molar-refractivity contribution >= 4 is 29.0 Å². The molecule has 1 heterocycles. The molecule has 0 bridgehead atoms. The maximum Gasteiger partial charge on any atom is 0.238 e. The lowest BCUT2D eigenvalue weighted by molar-refractivity contribution is -0.115. The monoisotopic (exact) mass is 330 g/mol. The van der Waals surface area contributed by atoms with Crippen LogP contribution in [0.1, 0.15) is 10.9 Å². The van der Waals surface area contributed by atoms with Crippen LogP contribution in [0.3, 0.4) is 0 Å². The van der Waals surface area contributed by atoms with E-state index in [2.05, 4.69) is 0 Å². The molecule has 1 fully saturated rings. The zero-order chi connectivity index (χ0) is 16.4. The molecule has 0 saturated carbocycles. The van der Waals surface area contributed by atoms with Gasteiger partial charge in [0.2, 0.25) is 5.91 Å². The summed E-state index contributed by atoms with van der Waals surface area (Å²) in [7, 11) is 3.18. The minimum Gasteiger partial charge on any atom is -0.497 e. The fourth-order valence-corrected chi connectivity index (χ4v) is 3.85. The van der Waals surface area contributed by atoms with Crippen LogP contribution in [0.5, 0.6) is 11.5 Å². The molecule has 1 aliphatic rings. The third-order valence-electron chi connectivity index (χ3n) is 3.78. The van der Waals surface area contributed by atoms with Gasteiger partial charge in [-0.25, -0.2) is 0 Å². The smallest absolute Gasteiger partial charge is 0.238 e. The predicted molar refractivity (Wildman–Crippen MR) is 93.1 cm³/mol. The SMILES string of the molecule is COc1ccc(OC)c(N2C(=O)CSC2c2ccccc2N)c1. The highest BCUT2D eigenvalue weighted by Crippen LogP contribution is 2.47. The van der Waals surface area contributed by atoms with Crippen LogP contribution in [0.4, 0.5) is 11.4 Å². The number of thioether (sulfide) groups is 1. The second-order valence-electron chi connectivity index (χ2n) is 5.09. The average Bonchev–Trinajstić information content (AvgIpc) is 2.96. The van der Waals surface area contributed by atoms with E-state index in [-0.39, 0.29) is 11.3 Å². The highest BCUT2D eigenvalue weighted by Gasteiger charge is 2.36. The number of nitrogen functional groups attached to an aromatic ring is 1. The van der Waals surface area contributed by atoms with Gasteiger partial charge in [-0.05, 0) is 18.2 Å². The quantitative estimate of drug-likeness (QED) is 0.873. The summed E-state index contributed by atoms with van der Waals surface area (Å²) in [5.41, 5.74) is 8.39. The van der Waals surface area contributed by atoms with Crippen molar-refractivity contribution in [3.05, 3.63) is 48.0 Å². The molecule has 0 aliphatic carbocycles. The molecule has 0 aromatic heterocycles. The first-order valence-electron chi connectivity index (χ1n) is 7.15. The highest BCUT2D eigenvalue weighted by atomic mass is 32.2. The lowest BCUT2D eigenvalue weighted by Gasteiger charge is -2.27. The summed E-state index contributed by atoms with van der Waals surface area (Å²) in [4.78, 5) is 14.2. The number of hydrogen-bond donors (Lipinski definition) is 1. The molecular formula is C17H18N2O3S. The lowest BCUT2D eigenvalue weighted by atomic mass is 10.1. The van der Waals surface area contributed by atoms with Gasteiger partial charge in [-0.1, -0.05) is 18.2 Å². The molecule has 1 atom stereocenters. The van der Waals surface area contributed by atoms with Gasteiger partial charge >= 0.3 is 0 Å². The van der Waals surface area contributed by atoms with Gasteiger partial charge < -0.3 is 15.2 Å². The zero-order valence-corrected chi connectivity index (χ0v) is 13.8. The number of rotatable bonds is 4. The van der Waals surface area contributed by atoms with Crippen molar-refractivity contribution in [1.29, 1.82) is 0 Å². The Morgan fingerprint density at radius 1 is 1.17 bits per heavy atom. The van der Waals surface area contributed by atoms with Gasteiger partial charge in [-0.3, -0.25) is 9.69 Å². The van der Waals surface area contributed by atoms with Crippen molar-refractivity contribution in [1.82, 2.24) is 0 Å². The molecule has 3 rings (SSSR count). The number of ether oxygens (including phenoxy) is 2. The summed E-state index contributed by atoms with van der Waals surface area (Å²) in [6.45, 7) is 0. The van der Waals surface area contributed by atoms with Gasteiger partial charge in [-0.2, -0.15) is 0 Å². The molecule has 0 spiro atoms. The van der Waals surface area contributed by atoms with Crippen LogP contribution in [0.15, 0.2) is 42.5 Å². The Morgan fingerprint density at radius 3 is 2.65 bits per heavy atom. The summed E-state index contributed by atoms with van der Waals surface area (Å²) in [6.07, 6.45) is 0. The number of amides is 1. The second-order valence-corrected chi connectivity index (χ2v) is 6.16. The van der Waals surface area contributed by atoms with Gasteiger partial charge in [0.1, 0.15) is 16.9 Å². The first kappa shape index (κ1) is 15.6. The van der Waals surface area contributed by atoms with Crippen LogP contribution in [-0.2, 0) is 4.79 Å². The zero-order valence-electron chi connectivity index (χ0n) is 13.0. The summed E-state index contributed by atoms with van der Waals surface area (Å²) in [5.74, 6) is 1.72. The summed E-state index contributed by atoms with van der Waals surface area (Å²) in [6, 6.07) is 13.0. The third-order valence-corrected chi connectivity index (χ3v) is 4.97. The number of nitrogens with two attached hydrogens (primary N) is 1. The molecule has 120 valence electrons. The fourth-order valence-electron chi connectivity index (χ4n) is 2.64. The molecule has 0 radical (unpaired) electrons. The molecule has 1 unspecified atom stereocenters. The predicted octanol–water partition coefficient (Wildman–Crippen LogP) is 3.06. The van der Waals surface area contributed by atoms with Gasteiger partial charge in [0.25, 0.3) is 0 Å². The Hall–Kier alpha value is -2.34. The highest BCUT2D eigenvalue weighted by molar-refractivity contribution is 8.00. The Kier molecular flexibility index (Phi) is 4.34. The summed E-state index contributed by atoms with van der Waals surface area (Å²) < 4.78 is 10.7. The van der Waals surface area contributed by atoms with E-state index in [1.807, 2.05) is 36.4 Å². The largest absolute Gasteiger partial charge is 0.497 e. The van der Waals surface area contributed by atoms with Gasteiger partial charge in [0, 0.05) is 17.3 Å². The number of carbonyl (C=O) groups excluding carboxylic acids is 1. The summed E-state index contributed by atoms with van der Waals surface area (Å²) in [5, 5.41) is -0.176. The molecule has 5 nitrogen and oxygen atoms in total. The Labute approximate surface area is 139 Å². The molecule has 6 heteroatoms. The van der Waals surface area contributed by atoms with Crippen LogP contribution < -0.4 is 20.1 Å². The summed E-state index contributed by atoms with van der Waals surface area (Å²) >= 11 is 1.55. The molecule has 1 saturated heterocycles. The third kappa shape index (κ3) is 2.82. The first-order valence-corrected chi connectivity index (χ1v) is 8.20. The van der Waals surface area contributed by atoms with Gasteiger partial charge in [0.15, 0.2) is 0 Å². The standard InChI is InChI=1S/C17H18N2O3S/c1-21-11-7-8-15(22-2)14(9-11)19-16(20)10-23-17(19)12-5-3-4-6-13(12)18/h3-9,17H,10,18H2,1-2H3. The van der Waals surface area contributed by atoms with Crippen molar-refractivity contribution in [3.8, 4) is 11.5 Å². The van der Waals surface area contributed by atoms with Crippen LogP contribution in [0.2, 0.25) is 0 Å². The number of benzene rings is 2. The topological polar surface area (TPSA) is 64.8 Å². The first-order chi connectivity index (χ1) is 11.2. The van der Waals surface area contributed by atoms with Crippen molar-refractivity contribution in [2.45, 2.75) is 5.37 Å². The Balaban J connectivity index is 2.09. The van der Waals surface area contributed by atoms with E-state index in [4.69, 9.17) is 15.2 Å². The molecule has 1 amide bonds. The maximum atomic E-state index is 12.5. The van der Waals surface area contributed by atoms with Crippen molar-refractivity contribution in [3.63, 3.8) is 0 Å². The van der Waals surface area contributed by atoms with E-state index in [0.29, 0.717) is 28.6 Å². The van der Waals surface area contributed by atoms with E-state index < -0.39 is 0 Å². The fraction of sp³-hybridized carbons (Fsp3) is 0.235. The molecule has 2 aromatic carbocycles. The number of carbonyl (C=O) groups is 1. The van der Waals surface area contributed by atoms with Crippen molar-refractivity contribution in [2.24, 2.45) is 0 Å². The number of anilines is 2. The van der Waals surface area contributed by atoms with Crippen molar-refractivity contribution < 1.29 is 14.3 Å². The van der Waals surface area contributed by atoms with Crippen molar-refractivity contribution in [2.75, 3.05) is 30.6 Å². The van der Waals surface area contributed by atoms with E-state index in [0.717, 1.165) is 5.56 Å². The van der Waals surface area contributed by atoms with E-state index >= 15 is 0 Å². The maximum absolute atomic E-state index is 12.5. The number of methoxy groups -OCH3 is 2. The number of hydrogen-bond acceptors (Lipinski definition) is 5. The Bertz CT molecular complexity index is 736. The number of para-hydroxylation sites is 1. The van der Waals surface area contributed by atoms with Crippen LogP contribution >= 0.6 is 11.8 Å². The van der Waals surface area contributed by atoms with Crippen LogP contribution in [0.25, 0.3) is 0 Å².